The number of nitrogens with one attached hydrogen (secondary N) is 2. The average molecular weight is 295 g/mol. The van der Waals surface area contributed by atoms with Crippen molar-refractivity contribution in [3.8, 4) is 0 Å². The van der Waals surface area contributed by atoms with Gasteiger partial charge in [-0.2, -0.15) is 0 Å². The molecule has 20 heavy (non-hydrogen) atoms. The molecule has 0 bridgehead atoms. The average Bonchev–Trinajstić information content (AvgIpc) is 2.73. The molecule has 3 heteroatoms. The molecule has 114 valence electrons. The topological polar surface area (TPSA) is 24.1 Å². The Hall–Kier alpha value is -0.380. The Morgan fingerprint density at radius 3 is 2.25 bits per heavy atom. The first kappa shape index (κ1) is 16.0. The van der Waals surface area contributed by atoms with Crippen LogP contribution in [0.4, 0.5) is 0 Å². The number of rotatable bonds is 4. The van der Waals surface area contributed by atoms with Gasteiger partial charge in [-0.05, 0) is 57.9 Å². The first-order chi connectivity index (χ1) is 9.19. The fraction of sp³-hybridized carbons (Fsp3) is 0.765. The molecule has 1 aromatic heterocycles. The van der Waals surface area contributed by atoms with E-state index in [1.54, 1.807) is 0 Å². The van der Waals surface area contributed by atoms with Crippen molar-refractivity contribution in [3.05, 3.63) is 22.4 Å². The lowest BCUT2D eigenvalue weighted by Crippen LogP contribution is -2.62. The van der Waals surface area contributed by atoms with Gasteiger partial charge in [0.1, 0.15) is 0 Å². The van der Waals surface area contributed by atoms with Crippen LogP contribution in [0.1, 0.15) is 65.3 Å². The standard InChI is InChI=1S/C17H30N2S/c1-12(2)15(14-8-7-9-20-14)18-13-10-16(3,4)19-17(5,6)11-13/h7-9,12-13,15,18-19H,10-11H2,1-6H3. The summed E-state index contributed by atoms with van der Waals surface area (Å²) < 4.78 is 0. The van der Waals surface area contributed by atoms with Crippen LogP contribution in [0.2, 0.25) is 0 Å². The molecule has 0 aliphatic carbocycles. The monoisotopic (exact) mass is 294 g/mol. The minimum Gasteiger partial charge on any atom is -0.307 e. The summed E-state index contributed by atoms with van der Waals surface area (Å²) in [4.78, 5) is 1.47. The van der Waals surface area contributed by atoms with Crippen molar-refractivity contribution >= 4 is 11.3 Å². The predicted molar refractivity (Wildman–Crippen MR) is 89.3 cm³/mol. The van der Waals surface area contributed by atoms with Gasteiger partial charge in [-0.25, -0.2) is 0 Å². The van der Waals surface area contributed by atoms with E-state index < -0.39 is 0 Å². The van der Waals surface area contributed by atoms with E-state index in [-0.39, 0.29) is 11.1 Å². The summed E-state index contributed by atoms with van der Waals surface area (Å²) in [7, 11) is 0. The highest BCUT2D eigenvalue weighted by atomic mass is 32.1. The van der Waals surface area contributed by atoms with Crippen LogP contribution in [-0.2, 0) is 0 Å². The van der Waals surface area contributed by atoms with Crippen molar-refractivity contribution < 1.29 is 0 Å². The molecular weight excluding hydrogens is 264 g/mol. The number of hydrogen-bond acceptors (Lipinski definition) is 3. The van der Waals surface area contributed by atoms with E-state index in [0.717, 1.165) is 0 Å². The van der Waals surface area contributed by atoms with Crippen LogP contribution >= 0.6 is 11.3 Å². The molecule has 1 aliphatic rings. The first-order valence-corrected chi connectivity index (χ1v) is 8.65. The van der Waals surface area contributed by atoms with Gasteiger partial charge in [-0.15, -0.1) is 11.3 Å². The molecule has 1 saturated heterocycles. The minimum atomic E-state index is 0.205. The molecule has 0 aromatic carbocycles. The Morgan fingerprint density at radius 2 is 1.80 bits per heavy atom. The maximum absolute atomic E-state index is 3.94. The Morgan fingerprint density at radius 1 is 1.20 bits per heavy atom. The van der Waals surface area contributed by atoms with Gasteiger partial charge in [0.25, 0.3) is 0 Å². The van der Waals surface area contributed by atoms with Crippen molar-refractivity contribution in [2.45, 2.75) is 77.5 Å². The van der Waals surface area contributed by atoms with E-state index in [9.17, 15) is 0 Å². The van der Waals surface area contributed by atoms with Crippen LogP contribution in [0.25, 0.3) is 0 Å². The van der Waals surface area contributed by atoms with E-state index in [4.69, 9.17) is 0 Å². The van der Waals surface area contributed by atoms with Crippen LogP contribution in [-0.4, -0.2) is 17.1 Å². The summed E-state index contributed by atoms with van der Waals surface area (Å²) in [6, 6.07) is 5.48. The van der Waals surface area contributed by atoms with E-state index in [0.29, 0.717) is 18.0 Å². The summed E-state index contributed by atoms with van der Waals surface area (Å²) >= 11 is 1.87. The second-order valence-corrected chi connectivity index (χ2v) is 8.88. The lowest BCUT2D eigenvalue weighted by molar-refractivity contribution is 0.135. The fourth-order valence-electron chi connectivity index (χ4n) is 3.77. The SMILES string of the molecule is CC(C)C(NC1CC(C)(C)NC(C)(C)C1)c1cccs1. The molecule has 0 radical (unpaired) electrons. The van der Waals surface area contributed by atoms with E-state index in [2.05, 4.69) is 69.7 Å². The predicted octanol–water partition coefficient (Wildman–Crippen LogP) is 4.34. The Kier molecular flexibility index (Phi) is 4.63. The number of hydrogen-bond donors (Lipinski definition) is 2. The van der Waals surface area contributed by atoms with Gasteiger partial charge in [-0.1, -0.05) is 19.9 Å². The highest BCUT2D eigenvalue weighted by Gasteiger charge is 2.38. The van der Waals surface area contributed by atoms with Crippen molar-refractivity contribution in [1.82, 2.24) is 10.6 Å². The van der Waals surface area contributed by atoms with Gasteiger partial charge in [0, 0.05) is 28.0 Å². The molecule has 1 aromatic rings. The summed E-state index contributed by atoms with van der Waals surface area (Å²) in [5, 5.41) is 9.88. The van der Waals surface area contributed by atoms with Crippen LogP contribution in [0.3, 0.4) is 0 Å². The summed E-state index contributed by atoms with van der Waals surface area (Å²) in [5.41, 5.74) is 0.410. The Labute approximate surface area is 128 Å². The molecule has 0 saturated carbocycles. The van der Waals surface area contributed by atoms with Crippen LogP contribution in [0.5, 0.6) is 0 Å². The molecule has 2 heterocycles. The molecule has 2 nitrogen and oxygen atoms in total. The third-order valence-electron chi connectivity index (χ3n) is 4.12. The Bertz CT molecular complexity index is 404. The lowest BCUT2D eigenvalue weighted by Gasteiger charge is -2.47. The molecule has 1 unspecified atom stereocenters. The summed E-state index contributed by atoms with van der Waals surface area (Å²) in [5.74, 6) is 0.620. The molecule has 0 amide bonds. The van der Waals surface area contributed by atoms with Gasteiger partial charge in [-0.3, -0.25) is 0 Å². The van der Waals surface area contributed by atoms with Crippen molar-refractivity contribution in [2.75, 3.05) is 0 Å². The molecular formula is C17H30N2S. The third-order valence-corrected chi connectivity index (χ3v) is 5.08. The fourth-order valence-corrected chi connectivity index (χ4v) is 4.72. The van der Waals surface area contributed by atoms with E-state index in [1.807, 2.05) is 11.3 Å². The molecule has 2 N–H and O–H groups in total. The maximum Gasteiger partial charge on any atom is 0.0440 e. The van der Waals surface area contributed by atoms with Crippen molar-refractivity contribution in [3.63, 3.8) is 0 Å². The molecule has 1 fully saturated rings. The van der Waals surface area contributed by atoms with Crippen molar-refractivity contribution in [1.29, 1.82) is 0 Å². The number of piperidine rings is 1. The van der Waals surface area contributed by atoms with Gasteiger partial charge in [0.05, 0.1) is 0 Å². The molecule has 1 aliphatic heterocycles. The van der Waals surface area contributed by atoms with Crippen LogP contribution in [0.15, 0.2) is 17.5 Å². The normalized spacial score (nSPS) is 23.9. The second kappa shape index (κ2) is 5.78. The molecule has 2 rings (SSSR count). The molecule has 0 spiro atoms. The van der Waals surface area contributed by atoms with Gasteiger partial charge in [0.2, 0.25) is 0 Å². The largest absolute Gasteiger partial charge is 0.307 e. The van der Waals surface area contributed by atoms with E-state index in [1.165, 1.54) is 17.7 Å². The zero-order chi connectivity index (χ0) is 15.0. The zero-order valence-corrected chi connectivity index (χ0v) is 14.6. The van der Waals surface area contributed by atoms with E-state index >= 15 is 0 Å². The first-order valence-electron chi connectivity index (χ1n) is 7.77. The van der Waals surface area contributed by atoms with Crippen molar-refractivity contribution in [2.24, 2.45) is 5.92 Å². The third kappa shape index (κ3) is 4.06. The number of thiophene rings is 1. The van der Waals surface area contributed by atoms with Crippen LogP contribution < -0.4 is 10.6 Å². The van der Waals surface area contributed by atoms with Crippen LogP contribution in [0, 0.1) is 5.92 Å². The van der Waals surface area contributed by atoms with Gasteiger partial charge >= 0.3 is 0 Å². The summed E-state index contributed by atoms with van der Waals surface area (Å²) in [6.07, 6.45) is 2.37. The highest BCUT2D eigenvalue weighted by molar-refractivity contribution is 7.10. The Balaban J connectivity index is 2.11. The highest BCUT2D eigenvalue weighted by Crippen LogP contribution is 2.32. The van der Waals surface area contributed by atoms with Gasteiger partial charge in [0.15, 0.2) is 0 Å². The maximum atomic E-state index is 3.94. The quantitative estimate of drug-likeness (QED) is 0.863. The second-order valence-electron chi connectivity index (χ2n) is 7.90. The molecule has 1 atom stereocenters. The smallest absolute Gasteiger partial charge is 0.0440 e. The lowest BCUT2D eigenvalue weighted by atomic mass is 9.79. The van der Waals surface area contributed by atoms with Gasteiger partial charge < -0.3 is 10.6 Å². The minimum absolute atomic E-state index is 0.205. The zero-order valence-electron chi connectivity index (χ0n) is 13.8. The summed E-state index contributed by atoms with van der Waals surface area (Å²) in [6.45, 7) is 13.9.